The molecular formula is C10H7F3O2. The molecule has 80 valence electrons. The molecule has 0 fully saturated rings. The molecule has 5 heteroatoms. The van der Waals surface area contributed by atoms with E-state index in [0.717, 1.165) is 0 Å². The maximum Gasteiger partial charge on any atom is 0.231 e. The van der Waals surface area contributed by atoms with E-state index in [9.17, 15) is 22.8 Å². The summed E-state index contributed by atoms with van der Waals surface area (Å²) >= 11 is 0. The summed E-state index contributed by atoms with van der Waals surface area (Å²) in [6.45, 7) is 1.41. The van der Waals surface area contributed by atoms with Crippen LogP contribution in [0.15, 0.2) is 12.1 Å². The quantitative estimate of drug-likeness (QED) is 0.441. The largest absolute Gasteiger partial charge is 0.290 e. The second-order valence-electron chi connectivity index (χ2n) is 2.85. The highest BCUT2D eigenvalue weighted by Crippen LogP contribution is 2.14. The Morgan fingerprint density at radius 1 is 1.07 bits per heavy atom. The summed E-state index contributed by atoms with van der Waals surface area (Å²) in [6, 6.07) is 0.631. The Bertz CT molecular complexity index is 427. The molecule has 0 saturated carbocycles. The van der Waals surface area contributed by atoms with E-state index in [4.69, 9.17) is 0 Å². The van der Waals surface area contributed by atoms with Crippen LogP contribution in [-0.4, -0.2) is 11.6 Å². The van der Waals surface area contributed by atoms with Gasteiger partial charge in [0.2, 0.25) is 11.6 Å². The molecule has 0 amide bonds. The summed E-state index contributed by atoms with van der Waals surface area (Å²) in [5, 5.41) is 0. The lowest BCUT2D eigenvalue weighted by molar-refractivity contribution is -0.114. The predicted octanol–water partition coefficient (Wildman–Crippen LogP) is 2.27. The van der Waals surface area contributed by atoms with Gasteiger partial charge in [-0.05, 0) is 6.07 Å². The number of benzene rings is 1. The molecule has 0 spiro atoms. The Labute approximate surface area is 83.7 Å². The fraction of sp³-hybridized carbons (Fsp3) is 0.200. The zero-order chi connectivity index (χ0) is 11.6. The van der Waals surface area contributed by atoms with Gasteiger partial charge in [0.15, 0.2) is 11.6 Å². The molecule has 15 heavy (non-hydrogen) atoms. The van der Waals surface area contributed by atoms with Crippen LogP contribution in [0, 0.1) is 17.5 Å². The molecule has 0 aromatic heterocycles. The zero-order valence-corrected chi connectivity index (χ0v) is 7.81. The van der Waals surface area contributed by atoms with Gasteiger partial charge in [-0.3, -0.25) is 9.59 Å². The van der Waals surface area contributed by atoms with Gasteiger partial charge in [0.25, 0.3) is 0 Å². The van der Waals surface area contributed by atoms with Crippen molar-refractivity contribution in [2.24, 2.45) is 0 Å². The lowest BCUT2D eigenvalue weighted by atomic mass is 10.1. The van der Waals surface area contributed by atoms with Crippen LogP contribution >= 0.6 is 0 Å². The second-order valence-corrected chi connectivity index (χ2v) is 2.85. The van der Waals surface area contributed by atoms with Crippen LogP contribution in [0.25, 0.3) is 0 Å². The molecule has 0 atom stereocenters. The van der Waals surface area contributed by atoms with Crippen molar-refractivity contribution in [1.82, 2.24) is 0 Å². The van der Waals surface area contributed by atoms with E-state index in [1.54, 1.807) is 0 Å². The highest BCUT2D eigenvalue weighted by molar-refractivity contribution is 6.43. The summed E-state index contributed by atoms with van der Waals surface area (Å²) in [6.07, 6.45) is -0.114. The van der Waals surface area contributed by atoms with E-state index in [-0.39, 0.29) is 12.5 Å². The molecule has 1 aromatic carbocycles. The van der Waals surface area contributed by atoms with Crippen LogP contribution in [-0.2, 0) is 4.79 Å². The number of ketones is 2. The normalized spacial score (nSPS) is 10.1. The lowest BCUT2D eigenvalue weighted by Gasteiger charge is -2.01. The Morgan fingerprint density at radius 2 is 1.60 bits per heavy atom. The van der Waals surface area contributed by atoms with Crippen LogP contribution in [0.3, 0.4) is 0 Å². The summed E-state index contributed by atoms with van der Waals surface area (Å²) in [5.41, 5.74) is -0.735. The fourth-order valence-corrected chi connectivity index (χ4v) is 1.01. The molecule has 0 bridgehead atoms. The Hall–Kier alpha value is -1.65. The third-order valence-corrected chi connectivity index (χ3v) is 1.83. The number of halogens is 3. The molecular weight excluding hydrogens is 209 g/mol. The average molecular weight is 216 g/mol. The van der Waals surface area contributed by atoms with Gasteiger partial charge < -0.3 is 0 Å². The first-order chi connectivity index (χ1) is 6.97. The molecule has 0 unspecified atom stereocenters. The highest BCUT2D eigenvalue weighted by atomic mass is 19.2. The lowest BCUT2D eigenvalue weighted by Crippen LogP contribution is -2.15. The number of Topliss-reactive ketones (excluding diaryl/α,β-unsaturated/α-hetero) is 2. The van der Waals surface area contributed by atoms with Crippen molar-refractivity contribution < 1.29 is 22.8 Å². The number of hydrogen-bond donors (Lipinski definition) is 0. The second kappa shape index (κ2) is 4.25. The topological polar surface area (TPSA) is 34.1 Å². The average Bonchev–Trinajstić information content (AvgIpc) is 2.21. The van der Waals surface area contributed by atoms with Crippen LogP contribution in [0.1, 0.15) is 23.7 Å². The van der Waals surface area contributed by atoms with Crippen LogP contribution in [0.4, 0.5) is 13.2 Å². The molecule has 0 aliphatic carbocycles. The first kappa shape index (κ1) is 11.4. The summed E-state index contributed by atoms with van der Waals surface area (Å²) < 4.78 is 38.2. The molecule has 0 saturated heterocycles. The monoisotopic (exact) mass is 216 g/mol. The van der Waals surface area contributed by atoms with Gasteiger partial charge in [0, 0.05) is 12.5 Å². The third kappa shape index (κ3) is 2.23. The van der Waals surface area contributed by atoms with Crippen LogP contribution < -0.4 is 0 Å². The van der Waals surface area contributed by atoms with Gasteiger partial charge in [-0.1, -0.05) is 6.92 Å². The molecule has 0 radical (unpaired) electrons. The zero-order valence-electron chi connectivity index (χ0n) is 7.81. The van der Waals surface area contributed by atoms with Gasteiger partial charge in [-0.15, -0.1) is 0 Å². The van der Waals surface area contributed by atoms with Crippen LogP contribution in [0.2, 0.25) is 0 Å². The highest BCUT2D eigenvalue weighted by Gasteiger charge is 2.20. The first-order valence-electron chi connectivity index (χ1n) is 4.19. The van der Waals surface area contributed by atoms with Gasteiger partial charge >= 0.3 is 0 Å². The molecule has 2 nitrogen and oxygen atoms in total. The minimum Gasteiger partial charge on any atom is -0.290 e. The van der Waals surface area contributed by atoms with Crippen molar-refractivity contribution in [3.63, 3.8) is 0 Å². The smallest absolute Gasteiger partial charge is 0.231 e. The van der Waals surface area contributed by atoms with Crippen molar-refractivity contribution in [3.8, 4) is 0 Å². The summed E-state index contributed by atoms with van der Waals surface area (Å²) in [5.74, 6) is -5.98. The number of hydrogen-bond acceptors (Lipinski definition) is 2. The number of rotatable bonds is 3. The molecule has 0 heterocycles. The maximum absolute atomic E-state index is 13.0. The molecule has 0 aliphatic rings. The molecule has 0 aliphatic heterocycles. The van der Waals surface area contributed by atoms with Gasteiger partial charge in [-0.25, -0.2) is 13.2 Å². The minimum atomic E-state index is -1.40. The van der Waals surface area contributed by atoms with E-state index in [0.29, 0.717) is 6.07 Å². The summed E-state index contributed by atoms with van der Waals surface area (Å²) in [4.78, 5) is 22.1. The van der Waals surface area contributed by atoms with E-state index in [1.807, 2.05) is 0 Å². The predicted molar refractivity (Wildman–Crippen MR) is 45.9 cm³/mol. The third-order valence-electron chi connectivity index (χ3n) is 1.83. The Balaban J connectivity index is 3.21. The van der Waals surface area contributed by atoms with Crippen molar-refractivity contribution in [1.29, 1.82) is 0 Å². The maximum atomic E-state index is 13.0. The minimum absolute atomic E-state index is 0.114. The van der Waals surface area contributed by atoms with Gasteiger partial charge in [0.05, 0.1) is 5.56 Å². The van der Waals surface area contributed by atoms with Crippen molar-refractivity contribution >= 4 is 11.6 Å². The van der Waals surface area contributed by atoms with Gasteiger partial charge in [-0.2, -0.15) is 0 Å². The Morgan fingerprint density at radius 3 is 2.13 bits per heavy atom. The number of carbonyl (C=O) groups excluding carboxylic acids is 2. The molecule has 1 rings (SSSR count). The fourth-order valence-electron chi connectivity index (χ4n) is 1.01. The summed E-state index contributed by atoms with van der Waals surface area (Å²) in [7, 11) is 0. The Kier molecular flexibility index (Phi) is 3.24. The van der Waals surface area contributed by atoms with E-state index in [2.05, 4.69) is 0 Å². The van der Waals surface area contributed by atoms with E-state index in [1.165, 1.54) is 6.92 Å². The first-order valence-corrected chi connectivity index (χ1v) is 4.19. The number of carbonyl (C=O) groups is 2. The van der Waals surface area contributed by atoms with Crippen molar-refractivity contribution in [2.75, 3.05) is 0 Å². The molecule has 1 aromatic rings. The van der Waals surface area contributed by atoms with Crippen molar-refractivity contribution in [2.45, 2.75) is 13.3 Å². The van der Waals surface area contributed by atoms with E-state index < -0.39 is 34.6 Å². The SMILES string of the molecule is CCC(=O)C(=O)c1cc(F)c(F)cc1F. The van der Waals surface area contributed by atoms with Crippen molar-refractivity contribution in [3.05, 3.63) is 35.1 Å². The standard InChI is InChI=1S/C10H7F3O2/c1-2-9(14)10(15)5-3-7(12)8(13)4-6(5)11/h3-4H,2H2,1H3. The van der Waals surface area contributed by atoms with Crippen LogP contribution in [0.5, 0.6) is 0 Å². The molecule has 0 N–H and O–H groups in total. The van der Waals surface area contributed by atoms with Gasteiger partial charge in [0.1, 0.15) is 5.82 Å². The van der Waals surface area contributed by atoms with E-state index >= 15 is 0 Å².